The van der Waals surface area contributed by atoms with Crippen LogP contribution in [0.25, 0.3) is 0 Å². The smallest absolute Gasteiger partial charge is 0.161 e. The Morgan fingerprint density at radius 2 is 2.09 bits per heavy atom. The van der Waals surface area contributed by atoms with Gasteiger partial charge in [0, 0.05) is 36.9 Å². The number of piperidine rings is 1. The summed E-state index contributed by atoms with van der Waals surface area (Å²) in [5.41, 5.74) is -0.641. The van der Waals surface area contributed by atoms with E-state index in [-0.39, 0.29) is 41.4 Å². The molecule has 0 aliphatic carbocycles. The molecule has 0 amide bonds. The number of benzene rings is 1. The fourth-order valence-corrected chi connectivity index (χ4v) is 3.14. The maximum atomic E-state index is 12.9. The average molecular weight is 324 g/mol. The highest BCUT2D eigenvalue weighted by Crippen LogP contribution is 2.42. The molecule has 2 atom stereocenters. The molecule has 2 aliphatic heterocycles. The lowest BCUT2D eigenvalue weighted by atomic mass is 9.80. The van der Waals surface area contributed by atoms with E-state index >= 15 is 0 Å². The van der Waals surface area contributed by atoms with Crippen LogP contribution in [0.15, 0.2) is 12.1 Å². The summed E-state index contributed by atoms with van der Waals surface area (Å²) in [6, 6.07) is -2.87. The number of carbonyl (C=O) groups excluding carboxylic acids is 1. The van der Waals surface area contributed by atoms with Crippen LogP contribution in [-0.2, 0) is 11.2 Å². The molecule has 23 heavy (non-hydrogen) atoms. The minimum absolute atomic E-state index is 0.131. The monoisotopic (exact) mass is 324 g/mol. The molecule has 1 aromatic carbocycles. The van der Waals surface area contributed by atoms with Gasteiger partial charge in [-0.05, 0) is 41.9 Å². The zero-order valence-corrected chi connectivity index (χ0v) is 13.9. The maximum Gasteiger partial charge on any atom is 0.161 e. The number of hydrogen-bond acceptors (Lipinski definition) is 4. The third kappa shape index (κ3) is 3.09. The molecule has 0 N–H and O–H groups in total. The second-order valence-corrected chi connectivity index (χ2v) is 6.33. The van der Waals surface area contributed by atoms with E-state index in [2.05, 4.69) is 0 Å². The molecular formula is C19H27NO3. The fourth-order valence-electron chi connectivity index (χ4n) is 3.14. The van der Waals surface area contributed by atoms with Crippen molar-refractivity contribution in [3.63, 3.8) is 0 Å². The zero-order chi connectivity index (χ0) is 22.8. The number of ether oxygens (including phenoxy) is 2. The first kappa shape index (κ1) is 9.67. The van der Waals surface area contributed by atoms with Crippen molar-refractivity contribution in [3.8, 4) is 11.5 Å². The minimum Gasteiger partial charge on any atom is -0.493 e. The second-order valence-electron chi connectivity index (χ2n) is 6.33. The van der Waals surface area contributed by atoms with Crippen LogP contribution in [0.1, 0.15) is 53.4 Å². The Morgan fingerprint density at radius 3 is 2.74 bits per heavy atom. The molecule has 0 spiro atoms. The van der Waals surface area contributed by atoms with Gasteiger partial charge >= 0.3 is 0 Å². The van der Waals surface area contributed by atoms with Gasteiger partial charge in [0.25, 0.3) is 0 Å². The van der Waals surface area contributed by atoms with Crippen molar-refractivity contribution >= 4 is 5.78 Å². The van der Waals surface area contributed by atoms with Crippen molar-refractivity contribution < 1.29 is 23.9 Å². The highest BCUT2D eigenvalue weighted by Gasteiger charge is 2.38. The summed E-state index contributed by atoms with van der Waals surface area (Å²) in [5, 5.41) is 0. The molecule has 1 saturated heterocycles. The van der Waals surface area contributed by atoms with E-state index < -0.39 is 42.8 Å². The number of Topliss-reactive ketones (excluding diaryl/α,β-unsaturated/α-hetero) is 1. The number of fused-ring (bicyclic) bond motifs is 3. The Labute approximate surface area is 148 Å². The molecule has 1 fully saturated rings. The fraction of sp³-hybridized carbons (Fsp3) is 0.632. The van der Waals surface area contributed by atoms with Crippen LogP contribution in [0.5, 0.6) is 11.5 Å². The molecule has 126 valence electrons. The van der Waals surface area contributed by atoms with Gasteiger partial charge in [0.1, 0.15) is 5.78 Å². The summed E-state index contributed by atoms with van der Waals surface area (Å²) in [4.78, 5) is 14.0. The first-order valence-electron chi connectivity index (χ1n) is 11.3. The lowest BCUT2D eigenvalue weighted by Crippen LogP contribution is -2.46. The van der Waals surface area contributed by atoms with Gasteiger partial charge in [-0.3, -0.25) is 9.69 Å². The topological polar surface area (TPSA) is 38.8 Å². The molecule has 1 aromatic rings. The van der Waals surface area contributed by atoms with Gasteiger partial charge < -0.3 is 9.47 Å². The third-order valence-corrected chi connectivity index (χ3v) is 4.23. The van der Waals surface area contributed by atoms with Gasteiger partial charge in [0.15, 0.2) is 11.5 Å². The van der Waals surface area contributed by atoms with E-state index in [0.29, 0.717) is 6.42 Å². The first-order chi connectivity index (χ1) is 13.8. The van der Waals surface area contributed by atoms with Gasteiger partial charge in [-0.25, -0.2) is 0 Å². The van der Waals surface area contributed by atoms with Crippen LogP contribution in [0.2, 0.25) is 0 Å². The molecule has 2 unspecified atom stereocenters. The van der Waals surface area contributed by atoms with Crippen LogP contribution in [0.3, 0.4) is 0 Å². The lowest BCUT2D eigenvalue weighted by molar-refractivity contribution is -0.129. The maximum absolute atomic E-state index is 12.9. The highest BCUT2D eigenvalue weighted by atomic mass is 16.5. The molecule has 0 radical (unpaired) electrons. The SMILES string of the molecule is [2H]c1c(OC)c(OC)c([2H])c2c1C1([2H])CC(=O)C(CC(C)C)CN1C([2H])([2H])C2([2H])[2H]. The normalized spacial score (nSPS) is 36.3. The molecule has 2 heterocycles. The van der Waals surface area contributed by atoms with Gasteiger partial charge in [-0.1, -0.05) is 13.8 Å². The zero-order valence-electron chi connectivity index (χ0n) is 20.9. The summed E-state index contributed by atoms with van der Waals surface area (Å²) in [5.74, 6) is -0.908. The number of nitrogens with zero attached hydrogens (tertiary/aromatic N) is 1. The summed E-state index contributed by atoms with van der Waals surface area (Å²) >= 11 is 0. The lowest BCUT2D eigenvalue weighted by Gasteiger charge is -2.43. The largest absolute Gasteiger partial charge is 0.493 e. The van der Waals surface area contributed by atoms with E-state index in [1.165, 1.54) is 14.2 Å². The summed E-state index contributed by atoms with van der Waals surface area (Å²) in [6.07, 6.45) is -2.61. The van der Waals surface area contributed by atoms with E-state index in [4.69, 9.17) is 19.1 Å². The Morgan fingerprint density at radius 1 is 1.39 bits per heavy atom. The van der Waals surface area contributed by atoms with Crippen LogP contribution >= 0.6 is 0 Å². The second kappa shape index (κ2) is 6.52. The van der Waals surface area contributed by atoms with Crippen molar-refractivity contribution in [2.75, 3.05) is 27.3 Å². The Kier molecular flexibility index (Phi) is 2.74. The van der Waals surface area contributed by atoms with Crippen molar-refractivity contribution in [1.29, 1.82) is 0 Å². The van der Waals surface area contributed by atoms with E-state index in [1.54, 1.807) is 0 Å². The number of ketones is 1. The minimum atomic E-state index is -2.72. The van der Waals surface area contributed by atoms with Gasteiger partial charge in [0.05, 0.1) is 18.3 Å². The van der Waals surface area contributed by atoms with Crippen molar-refractivity contribution in [2.45, 2.75) is 39.1 Å². The first-order valence-corrected chi connectivity index (χ1v) is 7.82. The molecule has 4 nitrogen and oxygen atoms in total. The number of rotatable bonds is 4. The summed E-state index contributed by atoms with van der Waals surface area (Å²) in [6.45, 7) is 1.08. The van der Waals surface area contributed by atoms with Gasteiger partial charge in [0.2, 0.25) is 0 Å². The number of methoxy groups -OCH3 is 2. The molecule has 0 aromatic heterocycles. The van der Waals surface area contributed by atoms with Crippen LogP contribution in [0, 0.1) is 11.8 Å². The molecule has 0 saturated carbocycles. The molecule has 0 bridgehead atoms. The number of hydrogen-bond donors (Lipinski definition) is 0. The predicted octanol–water partition coefficient (Wildman–Crippen LogP) is 3.24. The molecule has 4 heteroatoms. The summed E-state index contributed by atoms with van der Waals surface area (Å²) in [7, 11) is 2.52. The third-order valence-electron chi connectivity index (χ3n) is 4.23. The highest BCUT2D eigenvalue weighted by molar-refractivity contribution is 5.83. The van der Waals surface area contributed by atoms with Gasteiger partial charge in [-0.15, -0.1) is 0 Å². The van der Waals surface area contributed by atoms with E-state index in [0.717, 1.165) is 4.90 Å². The quantitative estimate of drug-likeness (QED) is 0.852. The standard InChI is InChI=1S/C19H27NO3/c1-12(2)7-14-11-20-6-5-13-8-18(22-3)19(23-4)9-15(13)16(20)10-17(14)21/h8-9,12,14,16H,5-7,10-11H2,1-4H3/i5D2,6D2,8D,9D,16D. The van der Waals surface area contributed by atoms with E-state index in [1.807, 2.05) is 13.8 Å². The molecule has 3 rings (SSSR count). The van der Waals surface area contributed by atoms with Crippen molar-refractivity contribution in [2.24, 2.45) is 11.8 Å². The average Bonchev–Trinajstić information content (AvgIpc) is 2.62. The summed E-state index contributed by atoms with van der Waals surface area (Å²) < 4.78 is 71.0. The Hall–Kier alpha value is -1.55. The van der Waals surface area contributed by atoms with Crippen LogP contribution in [0.4, 0.5) is 0 Å². The van der Waals surface area contributed by atoms with Gasteiger partial charge in [-0.2, -0.15) is 0 Å². The predicted molar refractivity (Wildman–Crippen MR) is 90.1 cm³/mol. The molecular weight excluding hydrogens is 290 g/mol. The Bertz CT molecular complexity index is 890. The van der Waals surface area contributed by atoms with Crippen molar-refractivity contribution in [1.82, 2.24) is 4.90 Å². The van der Waals surface area contributed by atoms with Crippen LogP contribution in [-0.4, -0.2) is 37.9 Å². The Balaban J connectivity index is 2.36. The number of carbonyl (C=O) groups is 1. The van der Waals surface area contributed by atoms with Crippen molar-refractivity contribution in [3.05, 3.63) is 23.2 Å². The molecule has 2 aliphatic rings. The van der Waals surface area contributed by atoms with E-state index in [9.17, 15) is 4.79 Å². The van der Waals surface area contributed by atoms with Crippen LogP contribution < -0.4 is 9.47 Å².